The van der Waals surface area contributed by atoms with Crippen molar-refractivity contribution in [2.24, 2.45) is 0 Å². The van der Waals surface area contributed by atoms with Gasteiger partial charge in [0, 0.05) is 6.04 Å². The maximum absolute atomic E-state index is 12.9. The molecule has 0 radical (unpaired) electrons. The number of anilines is 1. The molecule has 0 fully saturated rings. The second-order valence-corrected chi connectivity index (χ2v) is 4.66. The topological polar surface area (TPSA) is 78.4 Å². The zero-order valence-electron chi connectivity index (χ0n) is 9.84. The number of urea groups is 1. The first-order valence-corrected chi connectivity index (χ1v) is 5.99. The normalized spacial score (nSPS) is 11.8. The molecular formula is C11H11Cl2FN2O3. The first-order valence-electron chi connectivity index (χ1n) is 5.23. The number of amides is 2. The Labute approximate surface area is 118 Å². The number of rotatable bonds is 4. The van der Waals surface area contributed by atoms with Gasteiger partial charge in [-0.1, -0.05) is 23.2 Å². The van der Waals surface area contributed by atoms with Crippen molar-refractivity contribution in [3.05, 3.63) is 28.0 Å². The number of carbonyl (C=O) groups is 2. The molecule has 19 heavy (non-hydrogen) atoms. The quantitative estimate of drug-likeness (QED) is 0.799. The lowest BCUT2D eigenvalue weighted by atomic mass is 10.2. The predicted molar refractivity (Wildman–Crippen MR) is 70.3 cm³/mol. The highest BCUT2D eigenvalue weighted by atomic mass is 35.5. The van der Waals surface area contributed by atoms with E-state index >= 15 is 0 Å². The Kier molecular flexibility index (Phi) is 5.38. The summed E-state index contributed by atoms with van der Waals surface area (Å²) >= 11 is 11.5. The Bertz CT molecular complexity index is 488. The van der Waals surface area contributed by atoms with Gasteiger partial charge in [0.2, 0.25) is 0 Å². The van der Waals surface area contributed by atoms with E-state index in [0.717, 1.165) is 12.1 Å². The smallest absolute Gasteiger partial charge is 0.319 e. The van der Waals surface area contributed by atoms with Crippen LogP contribution in [-0.2, 0) is 4.79 Å². The number of carboxylic acid groups (broad SMARTS) is 1. The number of aliphatic carboxylic acids is 1. The summed E-state index contributed by atoms with van der Waals surface area (Å²) in [4.78, 5) is 22.0. The van der Waals surface area contributed by atoms with Crippen LogP contribution in [0.25, 0.3) is 0 Å². The van der Waals surface area contributed by atoms with Crippen LogP contribution in [0.4, 0.5) is 14.9 Å². The molecule has 0 saturated heterocycles. The van der Waals surface area contributed by atoms with Crippen LogP contribution in [0.3, 0.4) is 0 Å². The summed E-state index contributed by atoms with van der Waals surface area (Å²) in [6.45, 7) is 1.53. The van der Waals surface area contributed by atoms with Crippen molar-refractivity contribution in [3.63, 3.8) is 0 Å². The van der Waals surface area contributed by atoms with Crippen molar-refractivity contribution in [3.8, 4) is 0 Å². The molecule has 104 valence electrons. The van der Waals surface area contributed by atoms with Crippen molar-refractivity contribution < 1.29 is 19.1 Å². The van der Waals surface area contributed by atoms with E-state index in [-0.39, 0.29) is 22.2 Å². The summed E-state index contributed by atoms with van der Waals surface area (Å²) in [7, 11) is 0. The lowest BCUT2D eigenvalue weighted by Crippen LogP contribution is -2.37. The number of hydrogen-bond acceptors (Lipinski definition) is 2. The van der Waals surface area contributed by atoms with E-state index in [4.69, 9.17) is 28.3 Å². The monoisotopic (exact) mass is 308 g/mol. The number of halogens is 3. The standard InChI is InChI=1S/C11H11Cl2FN2O3/c1-5(2-9(17)18)15-11(19)16-10-7(12)3-6(14)4-8(10)13/h3-5H,2H2,1H3,(H,17,18)(H2,15,16,19). The van der Waals surface area contributed by atoms with E-state index in [9.17, 15) is 14.0 Å². The molecule has 1 aromatic carbocycles. The lowest BCUT2D eigenvalue weighted by Gasteiger charge is -2.14. The van der Waals surface area contributed by atoms with Crippen LogP contribution in [0.15, 0.2) is 12.1 Å². The first kappa shape index (κ1) is 15.5. The fourth-order valence-electron chi connectivity index (χ4n) is 1.35. The predicted octanol–water partition coefficient (Wildman–Crippen LogP) is 3.12. The van der Waals surface area contributed by atoms with Gasteiger partial charge >= 0.3 is 12.0 Å². The minimum absolute atomic E-state index is 0.0500. The van der Waals surface area contributed by atoms with Gasteiger partial charge < -0.3 is 15.7 Å². The molecule has 1 atom stereocenters. The molecule has 5 nitrogen and oxygen atoms in total. The van der Waals surface area contributed by atoms with Gasteiger partial charge in [-0.25, -0.2) is 9.18 Å². The van der Waals surface area contributed by atoms with E-state index in [1.54, 1.807) is 0 Å². The molecule has 0 saturated carbocycles. The van der Waals surface area contributed by atoms with Crippen molar-refractivity contribution in [1.82, 2.24) is 5.32 Å². The maximum atomic E-state index is 12.9. The van der Waals surface area contributed by atoms with E-state index in [0.29, 0.717) is 0 Å². The van der Waals surface area contributed by atoms with Gasteiger partial charge in [0.05, 0.1) is 22.2 Å². The van der Waals surface area contributed by atoms with E-state index in [1.807, 2.05) is 0 Å². The van der Waals surface area contributed by atoms with Crippen molar-refractivity contribution >= 4 is 40.9 Å². The summed E-state index contributed by atoms with van der Waals surface area (Å²) in [5, 5.41) is 13.2. The Balaban J connectivity index is 2.70. The van der Waals surface area contributed by atoms with Crippen LogP contribution >= 0.6 is 23.2 Å². The summed E-state index contributed by atoms with van der Waals surface area (Å²) in [6, 6.07) is 0.757. The second kappa shape index (κ2) is 6.58. The molecule has 0 aliphatic carbocycles. The molecule has 1 unspecified atom stereocenters. The maximum Gasteiger partial charge on any atom is 0.319 e. The van der Waals surface area contributed by atoms with Crippen molar-refractivity contribution in [2.75, 3.05) is 5.32 Å². The highest BCUT2D eigenvalue weighted by molar-refractivity contribution is 6.39. The Morgan fingerprint density at radius 1 is 1.37 bits per heavy atom. The summed E-state index contributed by atoms with van der Waals surface area (Å²) in [5.74, 6) is -1.66. The molecular weight excluding hydrogens is 298 g/mol. The van der Waals surface area contributed by atoms with Gasteiger partial charge in [-0.05, 0) is 19.1 Å². The van der Waals surface area contributed by atoms with Crippen LogP contribution in [0, 0.1) is 5.82 Å². The van der Waals surface area contributed by atoms with Gasteiger partial charge in [-0.3, -0.25) is 4.79 Å². The van der Waals surface area contributed by atoms with Crippen LogP contribution < -0.4 is 10.6 Å². The first-order chi connectivity index (χ1) is 8.79. The molecule has 3 N–H and O–H groups in total. The minimum atomic E-state index is -1.04. The number of hydrogen-bond donors (Lipinski definition) is 3. The van der Waals surface area contributed by atoms with Gasteiger partial charge in [0.1, 0.15) is 5.82 Å². The minimum Gasteiger partial charge on any atom is -0.481 e. The summed E-state index contributed by atoms with van der Waals surface area (Å²) in [6.07, 6.45) is -0.224. The molecule has 2 amide bonds. The number of nitrogens with one attached hydrogen (secondary N) is 2. The van der Waals surface area contributed by atoms with Gasteiger partial charge in [-0.2, -0.15) is 0 Å². The van der Waals surface area contributed by atoms with Crippen LogP contribution in [0.1, 0.15) is 13.3 Å². The fraction of sp³-hybridized carbons (Fsp3) is 0.273. The molecule has 1 aromatic rings. The average molecular weight is 309 g/mol. The number of carboxylic acids is 1. The lowest BCUT2D eigenvalue weighted by molar-refractivity contribution is -0.137. The zero-order valence-corrected chi connectivity index (χ0v) is 11.3. The largest absolute Gasteiger partial charge is 0.481 e. The number of benzene rings is 1. The molecule has 8 heteroatoms. The molecule has 0 bridgehead atoms. The van der Waals surface area contributed by atoms with Gasteiger partial charge in [-0.15, -0.1) is 0 Å². The molecule has 0 heterocycles. The summed E-state index contributed by atoms with van der Waals surface area (Å²) < 4.78 is 12.9. The highest BCUT2D eigenvalue weighted by Gasteiger charge is 2.14. The van der Waals surface area contributed by atoms with Crippen LogP contribution in [0.2, 0.25) is 10.0 Å². The average Bonchev–Trinajstić information content (AvgIpc) is 2.21. The second-order valence-electron chi connectivity index (χ2n) is 3.84. The summed E-state index contributed by atoms with van der Waals surface area (Å²) in [5.41, 5.74) is 0.0600. The Hall–Kier alpha value is -1.53. The third-order valence-corrected chi connectivity index (χ3v) is 2.70. The fourth-order valence-corrected chi connectivity index (χ4v) is 1.90. The molecule has 1 rings (SSSR count). The van der Waals surface area contributed by atoms with Crippen molar-refractivity contribution in [2.45, 2.75) is 19.4 Å². The zero-order chi connectivity index (χ0) is 14.6. The van der Waals surface area contributed by atoms with E-state index in [1.165, 1.54) is 6.92 Å². The molecule has 0 aliphatic rings. The third kappa shape index (κ3) is 4.92. The van der Waals surface area contributed by atoms with E-state index < -0.39 is 23.9 Å². The molecule has 0 aliphatic heterocycles. The van der Waals surface area contributed by atoms with Gasteiger partial charge in [0.15, 0.2) is 0 Å². The van der Waals surface area contributed by atoms with E-state index in [2.05, 4.69) is 10.6 Å². The van der Waals surface area contributed by atoms with Gasteiger partial charge in [0.25, 0.3) is 0 Å². The Morgan fingerprint density at radius 2 is 1.89 bits per heavy atom. The van der Waals surface area contributed by atoms with Crippen molar-refractivity contribution in [1.29, 1.82) is 0 Å². The molecule has 0 aromatic heterocycles. The van der Waals surface area contributed by atoms with Crippen LogP contribution in [-0.4, -0.2) is 23.1 Å². The highest BCUT2D eigenvalue weighted by Crippen LogP contribution is 2.31. The number of carbonyl (C=O) groups excluding carboxylic acids is 1. The van der Waals surface area contributed by atoms with Crippen LogP contribution in [0.5, 0.6) is 0 Å². The SMILES string of the molecule is CC(CC(=O)O)NC(=O)Nc1c(Cl)cc(F)cc1Cl. The Morgan fingerprint density at radius 3 is 2.37 bits per heavy atom. The molecule has 0 spiro atoms. The third-order valence-electron chi connectivity index (χ3n) is 2.10.